The van der Waals surface area contributed by atoms with E-state index in [-0.39, 0.29) is 12.2 Å². The number of thioether (sulfide) groups is 1. The van der Waals surface area contributed by atoms with Crippen LogP contribution in [-0.4, -0.2) is 39.1 Å². The Kier molecular flexibility index (Phi) is 8.77. The second kappa shape index (κ2) is 11.5. The Morgan fingerprint density at radius 3 is 2.68 bits per heavy atom. The molecule has 0 fully saturated rings. The Morgan fingerprint density at radius 1 is 1.16 bits per heavy atom. The zero-order valence-corrected chi connectivity index (χ0v) is 19.4. The maximum absolute atomic E-state index is 14.0. The molecular weight excluding hydrogens is 464 g/mol. The lowest BCUT2D eigenvalue weighted by Gasteiger charge is -2.16. The molecule has 0 saturated heterocycles. The van der Waals surface area contributed by atoms with Crippen LogP contribution in [0.1, 0.15) is 18.1 Å². The zero-order valence-electron chi connectivity index (χ0n) is 17.1. The van der Waals surface area contributed by atoms with Crippen LogP contribution in [0, 0.1) is 5.82 Å². The first-order valence-electron chi connectivity index (χ1n) is 9.56. The summed E-state index contributed by atoms with van der Waals surface area (Å²) in [4.78, 5) is 0. The van der Waals surface area contributed by atoms with Crippen LogP contribution >= 0.6 is 35.0 Å². The normalized spacial score (nSPS) is 11.0. The SMILES string of the molecule is CCOc1cc(CNCCSc2nnnn2C)c(Cl)cc1OCc1c(F)cccc1Cl. The summed E-state index contributed by atoms with van der Waals surface area (Å²) >= 11 is 14.1. The summed E-state index contributed by atoms with van der Waals surface area (Å²) in [6, 6.07) is 8.02. The van der Waals surface area contributed by atoms with Gasteiger partial charge in [-0.3, -0.25) is 0 Å². The summed E-state index contributed by atoms with van der Waals surface area (Å²) in [5, 5.41) is 16.3. The molecule has 2 aromatic carbocycles. The number of aryl methyl sites for hydroxylation is 1. The topological polar surface area (TPSA) is 74.1 Å². The van der Waals surface area contributed by atoms with Crippen LogP contribution in [0.3, 0.4) is 0 Å². The van der Waals surface area contributed by atoms with Gasteiger partial charge in [0, 0.05) is 42.5 Å². The van der Waals surface area contributed by atoms with Crippen molar-refractivity contribution in [1.29, 1.82) is 0 Å². The van der Waals surface area contributed by atoms with Gasteiger partial charge in [-0.1, -0.05) is 41.0 Å². The summed E-state index contributed by atoms with van der Waals surface area (Å²) in [7, 11) is 1.80. The molecule has 0 unspecified atom stereocenters. The summed E-state index contributed by atoms with van der Waals surface area (Å²) in [5.41, 5.74) is 1.15. The monoisotopic (exact) mass is 485 g/mol. The summed E-state index contributed by atoms with van der Waals surface area (Å²) < 4.78 is 27.1. The number of ether oxygens (including phenoxy) is 2. The lowest BCUT2D eigenvalue weighted by Crippen LogP contribution is -2.17. The van der Waals surface area contributed by atoms with E-state index in [1.54, 1.807) is 41.7 Å². The predicted molar refractivity (Wildman–Crippen MR) is 120 cm³/mol. The highest BCUT2D eigenvalue weighted by Crippen LogP contribution is 2.35. The van der Waals surface area contributed by atoms with Crippen molar-refractivity contribution in [3.8, 4) is 11.5 Å². The summed E-state index contributed by atoms with van der Waals surface area (Å²) in [6.45, 7) is 3.59. The fourth-order valence-corrected chi connectivity index (χ4v) is 3.88. The minimum atomic E-state index is -0.424. The third-order valence-electron chi connectivity index (χ3n) is 4.25. The Hall–Kier alpha value is -2.07. The van der Waals surface area contributed by atoms with Gasteiger partial charge in [0.2, 0.25) is 5.16 Å². The van der Waals surface area contributed by atoms with Gasteiger partial charge >= 0.3 is 0 Å². The van der Waals surface area contributed by atoms with Crippen molar-refractivity contribution in [2.24, 2.45) is 7.05 Å². The van der Waals surface area contributed by atoms with Crippen LogP contribution in [0.15, 0.2) is 35.5 Å². The number of aromatic nitrogens is 4. The smallest absolute Gasteiger partial charge is 0.209 e. The number of hydrogen-bond donors (Lipinski definition) is 1. The standard InChI is InChI=1S/C20H22Cl2FN5O2S/c1-3-29-18-9-13(11-24-7-8-31-20-25-26-27-28(20)2)16(22)10-19(18)30-12-14-15(21)5-4-6-17(14)23/h4-6,9-10,24H,3,7-8,11-12H2,1-2H3. The molecule has 3 rings (SSSR count). The van der Waals surface area contributed by atoms with E-state index in [1.165, 1.54) is 6.07 Å². The van der Waals surface area contributed by atoms with Crippen LogP contribution in [0.4, 0.5) is 4.39 Å². The third kappa shape index (κ3) is 6.46. The van der Waals surface area contributed by atoms with E-state index in [2.05, 4.69) is 20.8 Å². The number of halogens is 3. The average Bonchev–Trinajstić information content (AvgIpc) is 3.15. The Labute approximate surface area is 194 Å². The second-order valence-electron chi connectivity index (χ2n) is 6.42. The van der Waals surface area contributed by atoms with Gasteiger partial charge in [0.1, 0.15) is 12.4 Å². The fraction of sp³-hybridized carbons (Fsp3) is 0.350. The van der Waals surface area contributed by atoms with Gasteiger partial charge in [-0.2, -0.15) is 0 Å². The van der Waals surface area contributed by atoms with Crippen LogP contribution in [0.25, 0.3) is 0 Å². The summed E-state index contributed by atoms with van der Waals surface area (Å²) in [6.07, 6.45) is 0. The number of hydrogen-bond acceptors (Lipinski definition) is 7. The number of benzene rings is 2. The molecule has 0 aliphatic rings. The molecule has 0 aliphatic heterocycles. The molecule has 0 amide bonds. The Morgan fingerprint density at radius 2 is 1.97 bits per heavy atom. The van der Waals surface area contributed by atoms with E-state index < -0.39 is 5.82 Å². The molecule has 1 aromatic heterocycles. The van der Waals surface area contributed by atoms with Crippen molar-refractivity contribution in [3.05, 3.63) is 57.3 Å². The first kappa shape index (κ1) is 23.6. The van der Waals surface area contributed by atoms with Crippen molar-refractivity contribution in [2.75, 3.05) is 18.9 Å². The maximum atomic E-state index is 14.0. The second-order valence-corrected chi connectivity index (χ2v) is 8.30. The van der Waals surface area contributed by atoms with E-state index in [1.807, 2.05) is 13.0 Å². The summed E-state index contributed by atoms with van der Waals surface area (Å²) in [5.74, 6) is 1.35. The molecule has 0 atom stereocenters. The van der Waals surface area contributed by atoms with E-state index in [0.717, 1.165) is 23.0 Å². The molecule has 31 heavy (non-hydrogen) atoms. The first-order chi connectivity index (χ1) is 15.0. The molecule has 7 nitrogen and oxygen atoms in total. The lowest BCUT2D eigenvalue weighted by molar-refractivity contribution is 0.265. The molecule has 11 heteroatoms. The minimum Gasteiger partial charge on any atom is -0.490 e. The zero-order chi connectivity index (χ0) is 22.2. The van der Waals surface area contributed by atoms with Crippen molar-refractivity contribution < 1.29 is 13.9 Å². The van der Waals surface area contributed by atoms with Crippen molar-refractivity contribution in [1.82, 2.24) is 25.5 Å². The molecule has 3 aromatic rings. The predicted octanol–water partition coefficient (Wildman–Crippen LogP) is 4.52. The van der Waals surface area contributed by atoms with Crippen LogP contribution in [0.5, 0.6) is 11.5 Å². The van der Waals surface area contributed by atoms with Gasteiger partial charge in [0.15, 0.2) is 11.5 Å². The van der Waals surface area contributed by atoms with E-state index >= 15 is 0 Å². The van der Waals surface area contributed by atoms with Gasteiger partial charge in [-0.15, -0.1) is 5.10 Å². The van der Waals surface area contributed by atoms with E-state index in [9.17, 15) is 4.39 Å². The van der Waals surface area contributed by atoms with E-state index in [0.29, 0.717) is 34.7 Å². The number of nitrogens with one attached hydrogen (secondary N) is 1. The molecule has 0 radical (unpaired) electrons. The maximum Gasteiger partial charge on any atom is 0.209 e. The lowest BCUT2D eigenvalue weighted by atomic mass is 10.2. The Bertz CT molecular complexity index is 1000. The molecule has 0 bridgehead atoms. The molecular formula is C20H22Cl2FN5O2S. The highest BCUT2D eigenvalue weighted by molar-refractivity contribution is 7.99. The fourth-order valence-electron chi connectivity index (χ4n) is 2.70. The molecule has 0 saturated carbocycles. The van der Waals surface area contributed by atoms with Crippen LogP contribution in [-0.2, 0) is 20.2 Å². The third-order valence-corrected chi connectivity index (χ3v) is 5.97. The van der Waals surface area contributed by atoms with Crippen molar-refractivity contribution in [3.63, 3.8) is 0 Å². The first-order valence-corrected chi connectivity index (χ1v) is 11.3. The van der Waals surface area contributed by atoms with Gasteiger partial charge in [-0.05, 0) is 41.1 Å². The molecule has 166 valence electrons. The van der Waals surface area contributed by atoms with Gasteiger partial charge in [0.25, 0.3) is 0 Å². The molecule has 1 heterocycles. The number of tetrazole rings is 1. The molecule has 1 N–H and O–H groups in total. The Balaban J connectivity index is 1.60. The number of nitrogens with zero attached hydrogens (tertiary/aromatic N) is 4. The minimum absolute atomic E-state index is 0.0341. The largest absolute Gasteiger partial charge is 0.490 e. The highest BCUT2D eigenvalue weighted by Gasteiger charge is 2.14. The van der Waals surface area contributed by atoms with Crippen molar-refractivity contribution in [2.45, 2.75) is 25.2 Å². The average molecular weight is 486 g/mol. The molecule has 0 aliphatic carbocycles. The van der Waals surface area contributed by atoms with Gasteiger partial charge in [-0.25, -0.2) is 9.07 Å². The van der Waals surface area contributed by atoms with E-state index in [4.69, 9.17) is 32.7 Å². The molecule has 0 spiro atoms. The van der Waals surface area contributed by atoms with Crippen LogP contribution < -0.4 is 14.8 Å². The van der Waals surface area contributed by atoms with Crippen molar-refractivity contribution >= 4 is 35.0 Å². The van der Waals surface area contributed by atoms with Crippen LogP contribution in [0.2, 0.25) is 10.0 Å². The quantitative estimate of drug-likeness (QED) is 0.316. The highest BCUT2D eigenvalue weighted by atomic mass is 35.5. The number of rotatable bonds is 11. The van der Waals surface area contributed by atoms with Gasteiger partial charge in [0.05, 0.1) is 11.6 Å². The van der Waals surface area contributed by atoms with Gasteiger partial charge < -0.3 is 14.8 Å².